The molecule has 0 saturated heterocycles. The summed E-state index contributed by atoms with van der Waals surface area (Å²) in [6.07, 6.45) is 0. The van der Waals surface area contributed by atoms with E-state index in [9.17, 15) is 8.42 Å². The van der Waals surface area contributed by atoms with Crippen LogP contribution in [0.1, 0.15) is 19.4 Å². The van der Waals surface area contributed by atoms with Gasteiger partial charge in [0.2, 0.25) is 0 Å². The highest BCUT2D eigenvalue weighted by Gasteiger charge is 2.14. The second kappa shape index (κ2) is 7.54. The van der Waals surface area contributed by atoms with Crippen LogP contribution in [0.2, 0.25) is 0 Å². The highest BCUT2D eigenvalue weighted by Crippen LogP contribution is 2.15. The summed E-state index contributed by atoms with van der Waals surface area (Å²) in [7, 11) is -3.27. The number of nitrogens with zero attached hydrogens (tertiary/aromatic N) is 1. The number of sulfone groups is 1. The van der Waals surface area contributed by atoms with E-state index in [2.05, 4.69) is 19.0 Å². The molecule has 0 saturated carbocycles. The highest BCUT2D eigenvalue weighted by molar-refractivity contribution is 8.00. The quantitative estimate of drug-likeness (QED) is 0.264. The van der Waals surface area contributed by atoms with Gasteiger partial charge in [0.05, 0.1) is 10.6 Å². The van der Waals surface area contributed by atoms with Crippen molar-refractivity contribution in [1.29, 1.82) is 0 Å². The molecule has 0 spiro atoms. The maximum atomic E-state index is 12.1. The lowest BCUT2D eigenvalue weighted by Gasteiger charge is -2.07. The van der Waals surface area contributed by atoms with Gasteiger partial charge in [0.25, 0.3) is 0 Å². The van der Waals surface area contributed by atoms with Gasteiger partial charge in [-0.3, -0.25) is 0 Å². The summed E-state index contributed by atoms with van der Waals surface area (Å²) < 4.78 is 24.2. The third-order valence-corrected chi connectivity index (χ3v) is 5.95. The van der Waals surface area contributed by atoms with Crippen LogP contribution in [0.25, 0.3) is 0 Å². The summed E-state index contributed by atoms with van der Waals surface area (Å²) >= 11 is 1.64. The Morgan fingerprint density at radius 1 is 1.35 bits per heavy atom. The largest absolute Gasteiger partial charge is 0.409 e. The molecule has 0 unspecified atom stereocenters. The molecule has 1 aromatic carbocycles. The Hall–Kier alpha value is -1.21. The minimum absolute atomic E-state index is 0.0403. The van der Waals surface area contributed by atoms with Crippen molar-refractivity contribution in [3.63, 3.8) is 0 Å². The third-order valence-electron chi connectivity index (χ3n) is 2.56. The van der Waals surface area contributed by atoms with Crippen LogP contribution >= 0.6 is 11.8 Å². The molecule has 0 atom stereocenters. The molecule has 1 rings (SSSR count). The average molecular weight is 316 g/mol. The molecular weight excluding hydrogens is 296 g/mol. The van der Waals surface area contributed by atoms with Crippen LogP contribution in [0.4, 0.5) is 0 Å². The molecule has 0 fully saturated rings. The van der Waals surface area contributed by atoms with Gasteiger partial charge in [-0.15, -0.1) is 0 Å². The Kier molecular flexibility index (Phi) is 6.35. The van der Waals surface area contributed by atoms with Gasteiger partial charge in [0.15, 0.2) is 15.7 Å². The van der Waals surface area contributed by atoms with Crippen molar-refractivity contribution in [3.05, 3.63) is 29.8 Å². The van der Waals surface area contributed by atoms with Crippen molar-refractivity contribution in [3.8, 4) is 0 Å². The Balaban J connectivity index is 2.68. The normalized spacial score (nSPS) is 12.8. The number of hydrogen-bond acceptors (Lipinski definition) is 5. The summed E-state index contributed by atoms with van der Waals surface area (Å²) in [5.74, 6) is 2.18. The zero-order chi connectivity index (χ0) is 15.2. The molecule has 0 aliphatic heterocycles. The minimum atomic E-state index is -3.27. The number of rotatable bonds is 7. The second-order valence-electron chi connectivity index (χ2n) is 4.80. The molecule has 0 heterocycles. The van der Waals surface area contributed by atoms with E-state index < -0.39 is 9.84 Å². The van der Waals surface area contributed by atoms with E-state index >= 15 is 0 Å². The van der Waals surface area contributed by atoms with E-state index in [1.807, 2.05) is 0 Å². The van der Waals surface area contributed by atoms with Crippen LogP contribution in [0, 0.1) is 5.92 Å². The van der Waals surface area contributed by atoms with Crippen LogP contribution in [0.3, 0.4) is 0 Å². The number of nitrogens with two attached hydrogens (primary N) is 1. The Bertz CT molecular complexity index is 551. The van der Waals surface area contributed by atoms with Gasteiger partial charge in [-0.25, -0.2) is 8.42 Å². The van der Waals surface area contributed by atoms with Gasteiger partial charge >= 0.3 is 0 Å². The molecule has 112 valence electrons. The predicted molar refractivity (Wildman–Crippen MR) is 83.2 cm³/mol. The zero-order valence-electron chi connectivity index (χ0n) is 11.6. The molecule has 20 heavy (non-hydrogen) atoms. The molecule has 5 nitrogen and oxygen atoms in total. The van der Waals surface area contributed by atoms with Crippen molar-refractivity contribution < 1.29 is 13.6 Å². The standard InChI is InChI=1S/C13H20N2O3S2/c1-10(2)9-19-7-8-20(17,18)12-5-3-11(4-6-12)13(14)15-16/h3-6,10,16H,7-9H2,1-2H3,(H2,14,15). The molecule has 0 aliphatic carbocycles. The van der Waals surface area contributed by atoms with Gasteiger partial charge < -0.3 is 10.9 Å². The van der Waals surface area contributed by atoms with E-state index in [4.69, 9.17) is 10.9 Å². The summed E-state index contributed by atoms with van der Waals surface area (Å²) in [6.45, 7) is 4.21. The van der Waals surface area contributed by atoms with E-state index in [1.54, 1.807) is 11.8 Å². The van der Waals surface area contributed by atoms with E-state index in [-0.39, 0.29) is 16.5 Å². The molecular formula is C13H20N2O3S2. The van der Waals surface area contributed by atoms with E-state index in [0.29, 0.717) is 17.2 Å². The monoisotopic (exact) mass is 316 g/mol. The number of hydrogen-bond donors (Lipinski definition) is 2. The van der Waals surface area contributed by atoms with Gasteiger partial charge in [-0.2, -0.15) is 11.8 Å². The lowest BCUT2D eigenvalue weighted by molar-refractivity contribution is 0.318. The molecule has 0 amide bonds. The summed E-state index contributed by atoms with van der Waals surface area (Å²) in [4.78, 5) is 0.261. The Morgan fingerprint density at radius 3 is 2.45 bits per heavy atom. The van der Waals surface area contributed by atoms with Crippen molar-refractivity contribution in [1.82, 2.24) is 0 Å². The fourth-order valence-corrected chi connectivity index (χ4v) is 4.27. The minimum Gasteiger partial charge on any atom is -0.409 e. The van der Waals surface area contributed by atoms with Crippen LogP contribution in [-0.4, -0.2) is 36.7 Å². The highest BCUT2D eigenvalue weighted by atomic mass is 32.2. The molecule has 0 aromatic heterocycles. The Labute approximate surface area is 124 Å². The first-order valence-corrected chi connectivity index (χ1v) is 9.06. The number of amidine groups is 1. The SMILES string of the molecule is CC(C)CSCCS(=O)(=O)c1ccc(/C(N)=N/O)cc1. The van der Waals surface area contributed by atoms with Crippen molar-refractivity contribution in [2.75, 3.05) is 17.3 Å². The zero-order valence-corrected chi connectivity index (χ0v) is 13.2. The second-order valence-corrected chi connectivity index (χ2v) is 8.06. The predicted octanol–water partition coefficient (Wildman–Crippen LogP) is 1.94. The fraction of sp³-hybridized carbons (Fsp3) is 0.462. The molecule has 0 aliphatic rings. The summed E-state index contributed by atoms with van der Waals surface area (Å²) in [6, 6.07) is 6.03. The Morgan fingerprint density at radius 2 is 1.95 bits per heavy atom. The number of thioether (sulfide) groups is 1. The fourth-order valence-electron chi connectivity index (χ4n) is 1.50. The summed E-state index contributed by atoms with van der Waals surface area (Å²) in [5.41, 5.74) is 5.91. The van der Waals surface area contributed by atoms with Crippen molar-refractivity contribution >= 4 is 27.4 Å². The molecule has 7 heteroatoms. The van der Waals surface area contributed by atoms with Crippen LogP contribution in [-0.2, 0) is 9.84 Å². The molecule has 0 radical (unpaired) electrons. The third kappa shape index (κ3) is 5.05. The van der Waals surface area contributed by atoms with E-state index in [0.717, 1.165) is 5.75 Å². The topological polar surface area (TPSA) is 92.8 Å². The molecule has 3 N–H and O–H groups in total. The first-order chi connectivity index (χ1) is 9.36. The molecule has 0 bridgehead atoms. The van der Waals surface area contributed by atoms with Gasteiger partial charge in [-0.05, 0) is 35.9 Å². The first kappa shape index (κ1) is 16.8. The maximum Gasteiger partial charge on any atom is 0.179 e. The van der Waals surface area contributed by atoms with Crippen molar-refractivity contribution in [2.24, 2.45) is 16.8 Å². The van der Waals surface area contributed by atoms with Crippen LogP contribution < -0.4 is 5.73 Å². The lowest BCUT2D eigenvalue weighted by Crippen LogP contribution is -2.14. The number of benzene rings is 1. The first-order valence-electron chi connectivity index (χ1n) is 6.25. The number of oxime groups is 1. The van der Waals surface area contributed by atoms with Crippen molar-refractivity contribution in [2.45, 2.75) is 18.7 Å². The van der Waals surface area contributed by atoms with Gasteiger partial charge in [0.1, 0.15) is 0 Å². The maximum absolute atomic E-state index is 12.1. The smallest absolute Gasteiger partial charge is 0.179 e. The molecule has 1 aromatic rings. The lowest BCUT2D eigenvalue weighted by atomic mass is 10.2. The van der Waals surface area contributed by atoms with Gasteiger partial charge in [0, 0.05) is 11.3 Å². The van der Waals surface area contributed by atoms with Gasteiger partial charge in [-0.1, -0.05) is 19.0 Å². The summed E-state index contributed by atoms with van der Waals surface area (Å²) in [5, 5.41) is 11.4. The van der Waals surface area contributed by atoms with Crippen LogP contribution in [0.15, 0.2) is 34.3 Å². The average Bonchev–Trinajstić information content (AvgIpc) is 2.43. The van der Waals surface area contributed by atoms with Crippen LogP contribution in [0.5, 0.6) is 0 Å². The van der Waals surface area contributed by atoms with E-state index in [1.165, 1.54) is 24.3 Å².